The van der Waals surface area contributed by atoms with Gasteiger partial charge in [0.25, 0.3) is 0 Å². The van der Waals surface area contributed by atoms with Crippen molar-refractivity contribution in [2.45, 2.75) is 13.0 Å². The molecule has 1 aliphatic rings. The van der Waals surface area contributed by atoms with Crippen molar-refractivity contribution in [1.82, 2.24) is 14.9 Å². The number of aromatic amines is 1. The van der Waals surface area contributed by atoms with Gasteiger partial charge in [0.05, 0.1) is 24.3 Å². The first-order valence-corrected chi connectivity index (χ1v) is 5.86. The summed E-state index contributed by atoms with van der Waals surface area (Å²) >= 11 is 0. The Labute approximate surface area is 104 Å². The van der Waals surface area contributed by atoms with Crippen molar-refractivity contribution in [3.8, 4) is 5.75 Å². The maximum Gasteiger partial charge on any atom is 0.415 e. The predicted octanol–water partition coefficient (Wildman–Crippen LogP) is 1.97. The molecule has 0 fully saturated rings. The van der Waals surface area contributed by atoms with Crippen LogP contribution in [0.1, 0.15) is 11.4 Å². The summed E-state index contributed by atoms with van der Waals surface area (Å²) in [5, 5.41) is 0. The van der Waals surface area contributed by atoms with E-state index in [1.807, 2.05) is 18.2 Å². The SMILES string of the molecule is O=C(Oc1ccccc1)N1CCc2nc[nH]c2C1. The number of fused-ring (bicyclic) bond motifs is 1. The van der Waals surface area contributed by atoms with Crippen molar-refractivity contribution >= 4 is 6.09 Å². The third-order valence-corrected chi connectivity index (χ3v) is 2.98. The number of imidazole rings is 1. The van der Waals surface area contributed by atoms with E-state index in [-0.39, 0.29) is 6.09 Å². The van der Waals surface area contributed by atoms with Crippen molar-refractivity contribution in [3.05, 3.63) is 48.0 Å². The van der Waals surface area contributed by atoms with E-state index in [4.69, 9.17) is 4.74 Å². The highest BCUT2D eigenvalue weighted by molar-refractivity contribution is 5.71. The number of nitrogens with zero attached hydrogens (tertiary/aromatic N) is 2. The normalized spacial score (nSPS) is 14.1. The van der Waals surface area contributed by atoms with E-state index in [9.17, 15) is 4.79 Å². The van der Waals surface area contributed by atoms with Crippen LogP contribution in [0.2, 0.25) is 0 Å². The summed E-state index contributed by atoms with van der Waals surface area (Å²) in [6, 6.07) is 9.10. The Balaban J connectivity index is 1.68. The molecule has 1 aromatic carbocycles. The number of amides is 1. The molecule has 0 spiro atoms. The molecular weight excluding hydrogens is 230 g/mol. The minimum Gasteiger partial charge on any atom is -0.410 e. The molecule has 0 bridgehead atoms. The van der Waals surface area contributed by atoms with E-state index in [1.54, 1.807) is 23.4 Å². The number of nitrogens with one attached hydrogen (secondary N) is 1. The molecule has 0 aliphatic carbocycles. The highest BCUT2D eigenvalue weighted by Gasteiger charge is 2.23. The lowest BCUT2D eigenvalue weighted by Crippen LogP contribution is -2.37. The summed E-state index contributed by atoms with van der Waals surface area (Å²) < 4.78 is 5.30. The number of rotatable bonds is 1. The number of hydrogen-bond donors (Lipinski definition) is 1. The maximum atomic E-state index is 12.0. The van der Waals surface area contributed by atoms with Crippen LogP contribution >= 0.6 is 0 Å². The van der Waals surface area contributed by atoms with E-state index in [2.05, 4.69) is 9.97 Å². The van der Waals surface area contributed by atoms with Gasteiger partial charge in [0.1, 0.15) is 5.75 Å². The summed E-state index contributed by atoms with van der Waals surface area (Å²) in [5.74, 6) is 0.568. The second kappa shape index (κ2) is 4.52. The van der Waals surface area contributed by atoms with Crippen LogP contribution in [-0.2, 0) is 13.0 Å². The number of carbonyl (C=O) groups is 1. The molecule has 0 radical (unpaired) electrons. The monoisotopic (exact) mass is 243 g/mol. The zero-order chi connectivity index (χ0) is 12.4. The number of hydrogen-bond acceptors (Lipinski definition) is 3. The molecule has 0 saturated heterocycles. The Kier molecular flexibility index (Phi) is 2.72. The number of para-hydroxylation sites is 1. The smallest absolute Gasteiger partial charge is 0.410 e. The zero-order valence-electron chi connectivity index (χ0n) is 9.80. The third kappa shape index (κ3) is 2.07. The Hall–Kier alpha value is -2.30. The van der Waals surface area contributed by atoms with Crippen molar-refractivity contribution in [3.63, 3.8) is 0 Å². The van der Waals surface area contributed by atoms with Crippen molar-refractivity contribution < 1.29 is 9.53 Å². The standard InChI is InChI=1S/C13H13N3O2/c17-13(18-10-4-2-1-3-5-10)16-7-6-11-12(8-16)15-9-14-11/h1-5,9H,6-8H2,(H,14,15). The number of carbonyl (C=O) groups excluding carboxylic acids is 1. The van der Waals surface area contributed by atoms with Gasteiger partial charge >= 0.3 is 6.09 Å². The van der Waals surface area contributed by atoms with Crippen LogP contribution in [0.4, 0.5) is 4.79 Å². The van der Waals surface area contributed by atoms with Crippen LogP contribution in [0.15, 0.2) is 36.7 Å². The van der Waals surface area contributed by atoms with Crippen LogP contribution in [-0.4, -0.2) is 27.5 Å². The van der Waals surface area contributed by atoms with E-state index in [1.165, 1.54) is 0 Å². The topological polar surface area (TPSA) is 58.2 Å². The molecule has 2 heterocycles. The van der Waals surface area contributed by atoms with Gasteiger partial charge < -0.3 is 14.6 Å². The molecule has 0 saturated carbocycles. The minimum atomic E-state index is -0.318. The third-order valence-electron chi connectivity index (χ3n) is 2.98. The highest BCUT2D eigenvalue weighted by atomic mass is 16.6. The molecule has 0 unspecified atom stereocenters. The first kappa shape index (κ1) is 10.8. The first-order chi connectivity index (χ1) is 8.83. The molecule has 1 amide bonds. The summed E-state index contributed by atoms with van der Waals surface area (Å²) in [6.45, 7) is 1.17. The Morgan fingerprint density at radius 2 is 2.17 bits per heavy atom. The van der Waals surface area contributed by atoms with Crippen molar-refractivity contribution in [1.29, 1.82) is 0 Å². The molecule has 18 heavy (non-hydrogen) atoms. The predicted molar refractivity (Wildman–Crippen MR) is 65.2 cm³/mol. The second-order valence-corrected chi connectivity index (χ2v) is 4.18. The number of benzene rings is 1. The van der Waals surface area contributed by atoms with Crippen LogP contribution < -0.4 is 4.74 Å². The van der Waals surface area contributed by atoms with Gasteiger partial charge in [-0.25, -0.2) is 9.78 Å². The van der Waals surface area contributed by atoms with E-state index < -0.39 is 0 Å². The highest BCUT2D eigenvalue weighted by Crippen LogP contribution is 2.17. The van der Waals surface area contributed by atoms with Crippen LogP contribution in [0.25, 0.3) is 0 Å². The average Bonchev–Trinajstić information content (AvgIpc) is 2.87. The molecule has 0 atom stereocenters. The molecular formula is C13H13N3O2. The van der Waals surface area contributed by atoms with Gasteiger partial charge in [-0.3, -0.25) is 0 Å². The molecule has 2 aromatic rings. The van der Waals surface area contributed by atoms with Crippen LogP contribution in [0.3, 0.4) is 0 Å². The van der Waals surface area contributed by atoms with Gasteiger partial charge in [0.15, 0.2) is 0 Å². The lowest BCUT2D eigenvalue weighted by atomic mass is 10.1. The zero-order valence-corrected chi connectivity index (χ0v) is 9.80. The number of aromatic nitrogens is 2. The molecule has 1 aromatic heterocycles. The van der Waals surface area contributed by atoms with Gasteiger partial charge in [0.2, 0.25) is 0 Å². The second-order valence-electron chi connectivity index (χ2n) is 4.18. The minimum absolute atomic E-state index is 0.318. The fourth-order valence-electron chi connectivity index (χ4n) is 2.02. The van der Waals surface area contributed by atoms with Gasteiger partial charge in [-0.1, -0.05) is 18.2 Å². The molecule has 3 rings (SSSR count). The summed E-state index contributed by atoms with van der Waals surface area (Å²) in [7, 11) is 0. The molecule has 1 N–H and O–H groups in total. The first-order valence-electron chi connectivity index (χ1n) is 5.86. The fourth-order valence-corrected chi connectivity index (χ4v) is 2.02. The van der Waals surface area contributed by atoms with Gasteiger partial charge in [-0.2, -0.15) is 0 Å². The van der Waals surface area contributed by atoms with Crippen molar-refractivity contribution in [2.24, 2.45) is 0 Å². The van der Waals surface area contributed by atoms with E-state index in [0.717, 1.165) is 17.8 Å². The van der Waals surface area contributed by atoms with E-state index >= 15 is 0 Å². The Morgan fingerprint density at radius 3 is 3.00 bits per heavy atom. The van der Waals surface area contributed by atoms with Gasteiger partial charge in [0, 0.05) is 13.0 Å². The fraction of sp³-hybridized carbons (Fsp3) is 0.231. The summed E-state index contributed by atoms with van der Waals surface area (Å²) in [4.78, 5) is 20.9. The summed E-state index contributed by atoms with van der Waals surface area (Å²) in [5.41, 5.74) is 2.03. The number of H-pyrrole nitrogens is 1. The van der Waals surface area contributed by atoms with E-state index in [0.29, 0.717) is 18.8 Å². The summed E-state index contributed by atoms with van der Waals surface area (Å²) in [6.07, 6.45) is 2.11. The molecule has 5 nitrogen and oxygen atoms in total. The maximum absolute atomic E-state index is 12.0. The largest absolute Gasteiger partial charge is 0.415 e. The molecule has 5 heteroatoms. The van der Waals surface area contributed by atoms with Gasteiger partial charge in [-0.15, -0.1) is 0 Å². The Morgan fingerprint density at radius 1 is 1.33 bits per heavy atom. The molecule has 1 aliphatic heterocycles. The average molecular weight is 243 g/mol. The van der Waals surface area contributed by atoms with Crippen LogP contribution in [0, 0.1) is 0 Å². The number of ether oxygens (including phenoxy) is 1. The van der Waals surface area contributed by atoms with Crippen molar-refractivity contribution in [2.75, 3.05) is 6.54 Å². The Bertz CT molecular complexity index is 550. The quantitative estimate of drug-likeness (QED) is 0.833. The van der Waals surface area contributed by atoms with Crippen LogP contribution in [0.5, 0.6) is 5.75 Å². The van der Waals surface area contributed by atoms with Gasteiger partial charge in [-0.05, 0) is 12.1 Å². The lowest BCUT2D eigenvalue weighted by Gasteiger charge is -2.25. The lowest BCUT2D eigenvalue weighted by molar-refractivity contribution is 0.146. The molecule has 92 valence electrons.